The topological polar surface area (TPSA) is 83.9 Å². The van der Waals surface area contributed by atoms with Crippen LogP contribution in [0.3, 0.4) is 0 Å². The highest BCUT2D eigenvalue weighted by Crippen LogP contribution is 2.35. The molecule has 1 heterocycles. The molecule has 2 rings (SSSR count). The Morgan fingerprint density at radius 1 is 1.35 bits per heavy atom. The van der Waals surface area contributed by atoms with Crippen LogP contribution in [0, 0.1) is 5.82 Å². The number of carboxylic acids is 1. The van der Waals surface area contributed by atoms with Gasteiger partial charge < -0.3 is 9.84 Å². The van der Waals surface area contributed by atoms with Gasteiger partial charge in [-0.15, -0.1) is 13.2 Å². The van der Waals surface area contributed by atoms with E-state index in [4.69, 9.17) is 5.11 Å². The molecule has 0 radical (unpaired) electrons. The van der Waals surface area contributed by atoms with Gasteiger partial charge in [0.1, 0.15) is 11.9 Å². The minimum atomic E-state index is -5.23. The first-order valence-electron chi connectivity index (χ1n) is 6.33. The zero-order valence-electron chi connectivity index (χ0n) is 11.4. The average molecular weight is 357 g/mol. The highest BCUT2D eigenvalue weighted by Gasteiger charge is 2.43. The second-order valence-corrected chi connectivity index (χ2v) is 6.55. The molecule has 1 fully saturated rings. The Hall–Kier alpha value is -1.88. The summed E-state index contributed by atoms with van der Waals surface area (Å²) in [6.07, 6.45) is -5.05. The van der Waals surface area contributed by atoms with Gasteiger partial charge in [0.15, 0.2) is 10.6 Å². The molecule has 1 aliphatic rings. The molecular weight excluding hydrogens is 346 g/mol. The number of ether oxygens (including phenoxy) is 1. The molecule has 1 aromatic carbocycles. The van der Waals surface area contributed by atoms with Gasteiger partial charge in [-0.3, -0.25) is 4.79 Å². The fourth-order valence-corrected chi connectivity index (χ4v) is 4.15. The molecule has 6 nitrogen and oxygen atoms in total. The molecule has 0 unspecified atom stereocenters. The van der Waals surface area contributed by atoms with E-state index in [1.54, 1.807) is 0 Å². The van der Waals surface area contributed by atoms with E-state index >= 15 is 0 Å². The number of carbonyl (C=O) groups is 1. The molecule has 11 heteroatoms. The number of benzene rings is 1. The predicted molar refractivity (Wildman–Crippen MR) is 67.6 cm³/mol. The number of alkyl halides is 3. The van der Waals surface area contributed by atoms with Crippen molar-refractivity contribution in [2.24, 2.45) is 0 Å². The lowest BCUT2D eigenvalue weighted by molar-refractivity contribution is -0.275. The molecule has 0 bridgehead atoms. The van der Waals surface area contributed by atoms with Crippen LogP contribution in [-0.2, 0) is 14.8 Å². The van der Waals surface area contributed by atoms with Gasteiger partial charge in [-0.05, 0) is 25.0 Å². The second kappa shape index (κ2) is 5.96. The largest absolute Gasteiger partial charge is 0.573 e. The average Bonchev–Trinajstić information content (AvgIpc) is 2.86. The van der Waals surface area contributed by atoms with Crippen LogP contribution >= 0.6 is 0 Å². The molecule has 0 amide bonds. The number of carboxylic acid groups (broad SMARTS) is 1. The third-order valence-corrected chi connectivity index (χ3v) is 5.18. The number of hydrogen-bond donors (Lipinski definition) is 1. The van der Waals surface area contributed by atoms with Gasteiger partial charge in [-0.1, -0.05) is 6.07 Å². The molecule has 1 saturated heterocycles. The first-order chi connectivity index (χ1) is 10.5. The van der Waals surface area contributed by atoms with Crippen molar-refractivity contribution in [2.45, 2.75) is 30.1 Å². The van der Waals surface area contributed by atoms with E-state index in [9.17, 15) is 30.8 Å². The maximum Gasteiger partial charge on any atom is 0.573 e. The molecular formula is C12H11F4NO5S. The van der Waals surface area contributed by atoms with Crippen molar-refractivity contribution in [3.05, 3.63) is 24.0 Å². The van der Waals surface area contributed by atoms with Gasteiger partial charge in [0.2, 0.25) is 0 Å². The van der Waals surface area contributed by atoms with E-state index in [0.717, 1.165) is 6.07 Å². The summed E-state index contributed by atoms with van der Waals surface area (Å²) < 4.78 is 80.0. The zero-order chi connectivity index (χ0) is 17.4. The van der Waals surface area contributed by atoms with Crippen molar-refractivity contribution >= 4 is 16.0 Å². The van der Waals surface area contributed by atoms with Gasteiger partial charge in [-0.25, -0.2) is 12.8 Å². The molecule has 0 saturated carbocycles. The summed E-state index contributed by atoms with van der Waals surface area (Å²) in [6, 6.07) is 0.698. The standard InChI is InChI=1S/C12H11F4NO5S/c13-7-3-1-5-9(22-12(14,15)16)10(7)23(20,21)17-6-2-4-8(17)11(18)19/h1,3,5,8H,2,4,6H2,(H,18,19)/t8-/m1/s1. The first kappa shape index (κ1) is 17.5. The third kappa shape index (κ3) is 3.55. The van der Waals surface area contributed by atoms with Crippen molar-refractivity contribution in [1.82, 2.24) is 4.31 Å². The quantitative estimate of drug-likeness (QED) is 0.833. The zero-order valence-corrected chi connectivity index (χ0v) is 12.2. The van der Waals surface area contributed by atoms with Gasteiger partial charge in [0, 0.05) is 6.54 Å². The summed E-state index contributed by atoms with van der Waals surface area (Å²) in [5, 5.41) is 9.01. The number of halogens is 4. The van der Waals surface area contributed by atoms with Gasteiger partial charge in [-0.2, -0.15) is 4.31 Å². The monoisotopic (exact) mass is 357 g/mol. The second-order valence-electron chi connectivity index (χ2n) is 4.73. The van der Waals surface area contributed by atoms with E-state index < -0.39 is 44.9 Å². The number of hydrogen-bond acceptors (Lipinski definition) is 4. The Kier molecular flexibility index (Phi) is 4.53. The van der Waals surface area contributed by atoms with Crippen LogP contribution in [0.2, 0.25) is 0 Å². The Labute approximate surface area is 128 Å². The number of sulfonamides is 1. The molecule has 1 aliphatic heterocycles. The van der Waals surface area contributed by atoms with Crippen LogP contribution in [0.5, 0.6) is 5.75 Å². The van der Waals surface area contributed by atoms with E-state index in [1.807, 2.05) is 0 Å². The third-order valence-electron chi connectivity index (χ3n) is 3.21. The minimum Gasteiger partial charge on any atom is -0.480 e. The highest BCUT2D eigenvalue weighted by atomic mass is 32.2. The fourth-order valence-electron chi connectivity index (χ4n) is 2.34. The number of nitrogens with zero attached hydrogens (tertiary/aromatic N) is 1. The molecule has 0 aliphatic carbocycles. The summed E-state index contributed by atoms with van der Waals surface area (Å²) in [4.78, 5) is 9.75. The van der Waals surface area contributed by atoms with Crippen molar-refractivity contribution in [3.8, 4) is 5.75 Å². The van der Waals surface area contributed by atoms with Crippen molar-refractivity contribution in [3.63, 3.8) is 0 Å². The van der Waals surface area contributed by atoms with Crippen LogP contribution in [-0.4, -0.2) is 42.7 Å². The van der Waals surface area contributed by atoms with Crippen LogP contribution in [0.25, 0.3) is 0 Å². The lowest BCUT2D eigenvalue weighted by atomic mass is 10.2. The van der Waals surface area contributed by atoms with Gasteiger partial charge in [0.05, 0.1) is 0 Å². The maximum atomic E-state index is 13.9. The highest BCUT2D eigenvalue weighted by molar-refractivity contribution is 7.89. The lowest BCUT2D eigenvalue weighted by Gasteiger charge is -2.23. The Bertz CT molecular complexity index is 719. The number of rotatable bonds is 4. The lowest BCUT2D eigenvalue weighted by Crippen LogP contribution is -2.41. The van der Waals surface area contributed by atoms with Crippen LogP contribution in [0.4, 0.5) is 17.6 Å². The molecule has 0 spiro atoms. The molecule has 23 heavy (non-hydrogen) atoms. The molecule has 128 valence electrons. The van der Waals surface area contributed by atoms with E-state index in [1.165, 1.54) is 0 Å². The first-order valence-corrected chi connectivity index (χ1v) is 7.77. The Balaban J connectivity index is 2.54. The minimum absolute atomic E-state index is 0.0154. The van der Waals surface area contributed by atoms with E-state index in [2.05, 4.69) is 4.74 Å². The Morgan fingerprint density at radius 3 is 2.57 bits per heavy atom. The predicted octanol–water partition coefficient (Wildman–Crippen LogP) is 1.96. The molecule has 1 N–H and O–H groups in total. The van der Waals surface area contributed by atoms with Crippen LogP contribution < -0.4 is 4.74 Å². The smallest absolute Gasteiger partial charge is 0.480 e. The van der Waals surface area contributed by atoms with Crippen LogP contribution in [0.15, 0.2) is 23.1 Å². The maximum absolute atomic E-state index is 13.9. The van der Waals surface area contributed by atoms with Gasteiger partial charge >= 0.3 is 12.3 Å². The van der Waals surface area contributed by atoms with E-state index in [-0.39, 0.29) is 19.4 Å². The summed E-state index contributed by atoms with van der Waals surface area (Å²) >= 11 is 0. The molecule has 1 atom stereocenters. The summed E-state index contributed by atoms with van der Waals surface area (Å²) in [7, 11) is -4.81. The van der Waals surface area contributed by atoms with Crippen LogP contribution in [0.1, 0.15) is 12.8 Å². The summed E-state index contributed by atoms with van der Waals surface area (Å²) in [5.74, 6) is -4.16. The fraction of sp³-hybridized carbons (Fsp3) is 0.417. The van der Waals surface area contributed by atoms with Crippen molar-refractivity contribution < 1.29 is 40.6 Å². The summed E-state index contributed by atoms with van der Waals surface area (Å²) in [6.45, 7) is -0.237. The number of aliphatic carboxylic acids is 1. The van der Waals surface area contributed by atoms with Crippen molar-refractivity contribution in [2.75, 3.05) is 6.54 Å². The van der Waals surface area contributed by atoms with E-state index in [0.29, 0.717) is 16.4 Å². The molecule has 1 aromatic rings. The summed E-state index contributed by atoms with van der Waals surface area (Å²) in [5.41, 5.74) is 0. The normalized spacial score (nSPS) is 19.7. The SMILES string of the molecule is O=C(O)[C@H]1CCCN1S(=O)(=O)c1c(F)cccc1OC(F)(F)F. The Morgan fingerprint density at radius 2 is 2.00 bits per heavy atom. The van der Waals surface area contributed by atoms with Crippen molar-refractivity contribution in [1.29, 1.82) is 0 Å². The van der Waals surface area contributed by atoms with Gasteiger partial charge in [0.25, 0.3) is 10.0 Å². The molecule has 0 aromatic heterocycles.